The van der Waals surface area contributed by atoms with Crippen LogP contribution in [0.2, 0.25) is 0 Å². The van der Waals surface area contributed by atoms with Crippen LogP contribution < -0.4 is 0 Å². The zero-order valence-corrected chi connectivity index (χ0v) is 22.2. The first kappa shape index (κ1) is 26.6. The van der Waals surface area contributed by atoms with Gasteiger partial charge in [0.15, 0.2) is 0 Å². The van der Waals surface area contributed by atoms with Crippen LogP contribution in [-0.2, 0) is 0 Å². The number of fused-ring (bicyclic) bond motifs is 3. The van der Waals surface area contributed by atoms with Gasteiger partial charge in [-0.15, -0.1) is 0 Å². The Balaban J connectivity index is 1.54. The number of hydrogen-bond acceptors (Lipinski definition) is 0. The molecule has 43 heavy (non-hydrogen) atoms. The molecule has 0 aliphatic rings. The third-order valence-corrected chi connectivity index (χ3v) is 7.48. The highest BCUT2D eigenvalue weighted by Gasteiger charge is 2.18. The molecule has 210 valence electrons. The lowest BCUT2D eigenvalue weighted by atomic mass is 10.00. The zero-order chi connectivity index (χ0) is 29.8. The summed E-state index contributed by atoms with van der Waals surface area (Å²) in [5.41, 5.74) is 4.68. The van der Waals surface area contributed by atoms with Crippen LogP contribution in [0, 0.1) is 34.9 Å². The molecule has 0 bridgehead atoms. The van der Waals surface area contributed by atoms with E-state index in [0.717, 1.165) is 18.2 Å². The highest BCUT2D eigenvalue weighted by molar-refractivity contribution is 6.12. The molecular formula is C36H19F6N. The molecule has 0 saturated heterocycles. The second kappa shape index (κ2) is 10.2. The maximum Gasteiger partial charge on any atom is 0.126 e. The van der Waals surface area contributed by atoms with Crippen LogP contribution in [-0.4, -0.2) is 4.57 Å². The van der Waals surface area contributed by atoms with E-state index in [9.17, 15) is 26.3 Å². The molecular weight excluding hydrogens is 560 g/mol. The number of nitrogens with zero attached hydrogens (tertiary/aromatic N) is 1. The van der Waals surface area contributed by atoms with E-state index in [4.69, 9.17) is 0 Å². The molecule has 0 fully saturated rings. The highest BCUT2D eigenvalue weighted by atomic mass is 19.2. The minimum absolute atomic E-state index is 0.333. The second-order valence-electron chi connectivity index (χ2n) is 10.3. The summed E-state index contributed by atoms with van der Waals surface area (Å²) in [5.74, 6) is -4.31. The first-order valence-electron chi connectivity index (χ1n) is 13.3. The zero-order valence-electron chi connectivity index (χ0n) is 22.2. The molecule has 0 unspecified atom stereocenters. The van der Waals surface area contributed by atoms with Gasteiger partial charge in [-0.1, -0.05) is 30.3 Å². The Hall–Kier alpha value is -5.30. The standard InChI is InChI=1S/C36H19F6N/c37-25-9-22(10-26(38)17-25)20-5-7-35-32(15-20)33-16-21(23-11-27(39)18-28(40)12-23)6-8-36(33)43(35)34-4-2-1-3-31(34)24-13-29(41)19-30(42)14-24/h1-19H. The van der Waals surface area contributed by atoms with Crippen molar-refractivity contribution in [1.82, 2.24) is 4.57 Å². The van der Waals surface area contributed by atoms with Gasteiger partial charge in [0.2, 0.25) is 0 Å². The molecule has 7 aromatic rings. The van der Waals surface area contributed by atoms with Gasteiger partial charge in [-0.05, 0) is 94.5 Å². The van der Waals surface area contributed by atoms with Crippen LogP contribution in [0.5, 0.6) is 0 Å². The number of aromatic nitrogens is 1. The molecule has 1 aromatic heterocycles. The molecule has 0 atom stereocenters. The van der Waals surface area contributed by atoms with Gasteiger partial charge in [0, 0.05) is 34.5 Å². The monoisotopic (exact) mass is 579 g/mol. The van der Waals surface area contributed by atoms with Crippen molar-refractivity contribution in [1.29, 1.82) is 0 Å². The Bertz CT molecular complexity index is 2050. The van der Waals surface area contributed by atoms with Crippen molar-refractivity contribution in [2.24, 2.45) is 0 Å². The molecule has 1 nitrogen and oxygen atoms in total. The second-order valence-corrected chi connectivity index (χ2v) is 10.3. The van der Waals surface area contributed by atoms with Gasteiger partial charge in [0.1, 0.15) is 34.9 Å². The molecule has 0 saturated carbocycles. The van der Waals surface area contributed by atoms with Crippen molar-refractivity contribution in [2.45, 2.75) is 0 Å². The molecule has 7 rings (SSSR count). The van der Waals surface area contributed by atoms with Gasteiger partial charge in [-0.3, -0.25) is 0 Å². The van der Waals surface area contributed by atoms with Crippen molar-refractivity contribution in [3.05, 3.63) is 150 Å². The van der Waals surface area contributed by atoms with Crippen molar-refractivity contribution < 1.29 is 26.3 Å². The molecule has 0 aliphatic heterocycles. The van der Waals surface area contributed by atoms with E-state index in [1.165, 1.54) is 36.4 Å². The highest BCUT2D eigenvalue weighted by Crippen LogP contribution is 2.40. The summed E-state index contributed by atoms with van der Waals surface area (Å²) < 4.78 is 86.9. The average molecular weight is 580 g/mol. The van der Waals surface area contributed by atoms with Gasteiger partial charge in [0.05, 0.1) is 16.7 Å². The predicted octanol–water partition coefficient (Wildman–Crippen LogP) is 10.6. The minimum Gasteiger partial charge on any atom is -0.309 e. The summed E-state index contributed by atoms with van der Waals surface area (Å²) in [7, 11) is 0. The Morgan fingerprint density at radius 2 is 0.744 bits per heavy atom. The lowest BCUT2D eigenvalue weighted by Crippen LogP contribution is -1.98. The minimum atomic E-state index is -0.718. The largest absolute Gasteiger partial charge is 0.309 e. The van der Waals surface area contributed by atoms with E-state index < -0.39 is 34.9 Å². The third kappa shape index (κ3) is 4.83. The normalized spacial score (nSPS) is 11.5. The lowest BCUT2D eigenvalue weighted by Gasteiger charge is -2.14. The molecule has 1 heterocycles. The van der Waals surface area contributed by atoms with E-state index in [0.29, 0.717) is 60.9 Å². The molecule has 0 spiro atoms. The number of hydrogen-bond donors (Lipinski definition) is 0. The van der Waals surface area contributed by atoms with E-state index in [1.54, 1.807) is 54.6 Å². The molecule has 0 radical (unpaired) electrons. The van der Waals surface area contributed by atoms with E-state index in [-0.39, 0.29) is 0 Å². The van der Waals surface area contributed by atoms with E-state index >= 15 is 0 Å². The quantitative estimate of drug-likeness (QED) is 0.183. The predicted molar refractivity (Wildman–Crippen MR) is 157 cm³/mol. The Kier molecular flexibility index (Phi) is 6.31. The van der Waals surface area contributed by atoms with E-state index in [1.807, 2.05) is 10.6 Å². The molecule has 7 heteroatoms. The molecule has 0 amide bonds. The number of rotatable bonds is 4. The van der Waals surface area contributed by atoms with Gasteiger partial charge in [0.25, 0.3) is 0 Å². The fraction of sp³-hybridized carbons (Fsp3) is 0. The van der Waals surface area contributed by atoms with Gasteiger partial charge >= 0.3 is 0 Å². The van der Waals surface area contributed by atoms with Crippen LogP contribution in [0.25, 0.3) is 60.9 Å². The van der Waals surface area contributed by atoms with Crippen molar-refractivity contribution >= 4 is 21.8 Å². The fourth-order valence-electron chi connectivity index (χ4n) is 5.71. The Morgan fingerprint density at radius 1 is 0.349 bits per heavy atom. The summed E-state index contributed by atoms with van der Waals surface area (Å²) >= 11 is 0. The average Bonchev–Trinajstić information content (AvgIpc) is 3.28. The molecule has 6 aromatic carbocycles. The number of para-hydroxylation sites is 1. The van der Waals surface area contributed by atoms with Crippen LogP contribution >= 0.6 is 0 Å². The summed E-state index contributed by atoms with van der Waals surface area (Å²) in [6.45, 7) is 0. The maximum absolute atomic E-state index is 14.3. The summed E-state index contributed by atoms with van der Waals surface area (Å²) in [5, 5.41) is 1.38. The van der Waals surface area contributed by atoms with Crippen molar-refractivity contribution in [3.8, 4) is 39.1 Å². The van der Waals surface area contributed by atoms with Crippen molar-refractivity contribution in [2.75, 3.05) is 0 Å². The topological polar surface area (TPSA) is 4.93 Å². The number of halogens is 6. The van der Waals surface area contributed by atoms with Crippen LogP contribution in [0.15, 0.2) is 115 Å². The fourth-order valence-corrected chi connectivity index (χ4v) is 5.71. The molecule has 0 aliphatic carbocycles. The van der Waals surface area contributed by atoms with Gasteiger partial charge in [-0.2, -0.15) is 0 Å². The van der Waals surface area contributed by atoms with Gasteiger partial charge < -0.3 is 4.57 Å². The van der Waals surface area contributed by atoms with Crippen molar-refractivity contribution in [3.63, 3.8) is 0 Å². The van der Waals surface area contributed by atoms with Crippen LogP contribution in [0.4, 0.5) is 26.3 Å². The molecule has 0 N–H and O–H groups in total. The third-order valence-electron chi connectivity index (χ3n) is 7.48. The maximum atomic E-state index is 14.3. The SMILES string of the molecule is Fc1cc(F)cc(-c2ccc3c(c2)c2cc(-c4cc(F)cc(F)c4)ccc2n3-c2ccccc2-c2cc(F)cc(F)c2)c1. The first-order chi connectivity index (χ1) is 20.7. The smallest absolute Gasteiger partial charge is 0.126 e. The lowest BCUT2D eigenvalue weighted by molar-refractivity contribution is 0.583. The summed E-state index contributed by atoms with van der Waals surface area (Å²) in [6, 6.07) is 27.7. The summed E-state index contributed by atoms with van der Waals surface area (Å²) in [4.78, 5) is 0. The Morgan fingerprint density at radius 3 is 1.19 bits per heavy atom. The summed E-state index contributed by atoms with van der Waals surface area (Å²) in [6.07, 6.45) is 0. The first-order valence-corrected chi connectivity index (χ1v) is 13.3. The Labute approximate surface area is 241 Å². The van der Waals surface area contributed by atoms with Crippen LogP contribution in [0.1, 0.15) is 0 Å². The number of benzene rings is 6. The van der Waals surface area contributed by atoms with Gasteiger partial charge in [-0.25, -0.2) is 26.3 Å². The van der Waals surface area contributed by atoms with Crippen LogP contribution in [0.3, 0.4) is 0 Å². The van der Waals surface area contributed by atoms with E-state index in [2.05, 4.69) is 0 Å².